The largest absolute Gasteiger partial charge is 0.351 e. The lowest BCUT2D eigenvalue weighted by Gasteiger charge is -2.34. The van der Waals surface area contributed by atoms with Crippen molar-refractivity contribution in [3.63, 3.8) is 0 Å². The van der Waals surface area contributed by atoms with E-state index in [-0.39, 0.29) is 41.3 Å². The molecular weight excluding hydrogens is 409 g/mol. The highest BCUT2D eigenvalue weighted by atomic mass is 35.5. The minimum atomic E-state index is -0.510. The Bertz CT molecular complexity index is 773. The quantitative estimate of drug-likeness (QED) is 0.768. The van der Waals surface area contributed by atoms with Gasteiger partial charge in [0.25, 0.3) is 5.91 Å². The number of nitrogens with one attached hydrogen (secondary N) is 1. The van der Waals surface area contributed by atoms with E-state index in [4.69, 9.17) is 11.6 Å². The zero-order valence-electron chi connectivity index (χ0n) is 17.2. The summed E-state index contributed by atoms with van der Waals surface area (Å²) in [7, 11) is 0. The molecule has 2 aliphatic rings. The molecule has 3 amide bonds. The van der Waals surface area contributed by atoms with Crippen LogP contribution in [0.25, 0.3) is 0 Å². The average Bonchev–Trinajstić information content (AvgIpc) is 3.02. The normalized spacial score (nSPS) is 18.1. The van der Waals surface area contributed by atoms with Gasteiger partial charge in [-0.3, -0.25) is 14.4 Å². The molecular formula is C22H29ClFN3O3. The maximum absolute atomic E-state index is 13.1. The van der Waals surface area contributed by atoms with E-state index in [1.54, 1.807) is 4.90 Å². The van der Waals surface area contributed by atoms with E-state index in [0.29, 0.717) is 25.9 Å². The van der Waals surface area contributed by atoms with Crippen molar-refractivity contribution in [2.45, 2.75) is 44.9 Å². The fraction of sp³-hybridized carbons (Fsp3) is 0.591. The van der Waals surface area contributed by atoms with Gasteiger partial charge in [-0.2, -0.15) is 0 Å². The summed E-state index contributed by atoms with van der Waals surface area (Å²) < 4.78 is 13.1. The predicted molar refractivity (Wildman–Crippen MR) is 113 cm³/mol. The van der Waals surface area contributed by atoms with E-state index >= 15 is 0 Å². The topological polar surface area (TPSA) is 69.7 Å². The minimum Gasteiger partial charge on any atom is -0.351 e. The number of nitrogens with zero attached hydrogens (tertiary/aromatic N) is 2. The van der Waals surface area contributed by atoms with Gasteiger partial charge < -0.3 is 15.1 Å². The molecule has 30 heavy (non-hydrogen) atoms. The Kier molecular flexibility index (Phi) is 8.08. The molecule has 3 rings (SSSR count). The molecule has 1 N–H and O–H groups in total. The maximum Gasteiger partial charge on any atom is 0.252 e. The van der Waals surface area contributed by atoms with Crippen LogP contribution in [0.4, 0.5) is 4.39 Å². The predicted octanol–water partition coefficient (Wildman–Crippen LogP) is 3.24. The molecule has 2 fully saturated rings. The lowest BCUT2D eigenvalue weighted by atomic mass is 9.95. The highest BCUT2D eigenvalue weighted by Gasteiger charge is 2.30. The van der Waals surface area contributed by atoms with Crippen LogP contribution in [-0.2, 0) is 9.59 Å². The molecule has 0 unspecified atom stereocenters. The van der Waals surface area contributed by atoms with E-state index in [0.717, 1.165) is 32.0 Å². The number of carbonyl (C=O) groups excluding carboxylic acids is 3. The fourth-order valence-electron chi connectivity index (χ4n) is 4.14. The smallest absolute Gasteiger partial charge is 0.252 e. The Morgan fingerprint density at radius 3 is 2.30 bits per heavy atom. The third kappa shape index (κ3) is 5.94. The van der Waals surface area contributed by atoms with Gasteiger partial charge in [0, 0.05) is 45.1 Å². The van der Waals surface area contributed by atoms with Crippen molar-refractivity contribution >= 4 is 29.3 Å². The van der Waals surface area contributed by atoms with Gasteiger partial charge in [-0.15, -0.1) is 0 Å². The molecule has 2 saturated heterocycles. The standard InChI is InChI=1S/C22H29ClFN3O3/c23-19-15-17(24)5-6-18(19)21(29)25-10-7-20(28)26-13-8-16(9-14-26)22(30)27-11-3-1-2-4-12-27/h5-6,15-16H,1-4,7-14H2,(H,25,29). The fourth-order valence-corrected chi connectivity index (χ4v) is 4.39. The van der Waals surface area contributed by atoms with Crippen molar-refractivity contribution in [2.24, 2.45) is 5.92 Å². The molecule has 0 saturated carbocycles. The zero-order chi connectivity index (χ0) is 21.5. The number of rotatable bonds is 5. The van der Waals surface area contributed by atoms with Crippen LogP contribution >= 0.6 is 11.6 Å². The summed E-state index contributed by atoms with van der Waals surface area (Å²) >= 11 is 5.88. The molecule has 0 spiro atoms. The third-order valence-electron chi connectivity index (χ3n) is 5.91. The van der Waals surface area contributed by atoms with Crippen LogP contribution in [0.1, 0.15) is 55.3 Å². The molecule has 6 nitrogen and oxygen atoms in total. The Labute approximate surface area is 181 Å². The summed E-state index contributed by atoms with van der Waals surface area (Å²) in [6.07, 6.45) is 6.11. The number of likely N-dealkylation sites (tertiary alicyclic amines) is 2. The Hall–Kier alpha value is -2.15. The Balaban J connectivity index is 1.39. The Morgan fingerprint density at radius 1 is 1.00 bits per heavy atom. The lowest BCUT2D eigenvalue weighted by Crippen LogP contribution is -2.45. The average molecular weight is 438 g/mol. The summed E-state index contributed by atoms with van der Waals surface area (Å²) in [5, 5.41) is 2.69. The van der Waals surface area contributed by atoms with Crippen molar-refractivity contribution in [3.05, 3.63) is 34.6 Å². The second-order valence-electron chi connectivity index (χ2n) is 8.02. The first kappa shape index (κ1) is 22.5. The number of hydrogen-bond acceptors (Lipinski definition) is 3. The van der Waals surface area contributed by atoms with Crippen molar-refractivity contribution in [1.29, 1.82) is 0 Å². The minimum absolute atomic E-state index is 0.00692. The first-order chi connectivity index (χ1) is 14.5. The maximum atomic E-state index is 13.1. The van der Waals surface area contributed by atoms with Crippen molar-refractivity contribution in [3.8, 4) is 0 Å². The van der Waals surface area contributed by atoms with Crippen molar-refractivity contribution in [1.82, 2.24) is 15.1 Å². The number of amides is 3. The molecule has 2 aliphatic heterocycles. The van der Waals surface area contributed by atoms with E-state index in [9.17, 15) is 18.8 Å². The molecule has 1 aromatic rings. The van der Waals surface area contributed by atoms with E-state index in [2.05, 4.69) is 5.32 Å². The highest BCUT2D eigenvalue weighted by Crippen LogP contribution is 2.22. The van der Waals surface area contributed by atoms with Gasteiger partial charge in [-0.25, -0.2) is 4.39 Å². The van der Waals surface area contributed by atoms with Crippen LogP contribution in [0.2, 0.25) is 5.02 Å². The second kappa shape index (κ2) is 10.8. The summed E-state index contributed by atoms with van der Waals surface area (Å²) in [5.41, 5.74) is 0.179. The van der Waals surface area contributed by atoms with Gasteiger partial charge in [-0.05, 0) is 43.9 Å². The van der Waals surface area contributed by atoms with E-state index < -0.39 is 11.7 Å². The van der Waals surface area contributed by atoms with Crippen LogP contribution in [0.15, 0.2) is 18.2 Å². The summed E-state index contributed by atoms with van der Waals surface area (Å²) in [6.45, 7) is 3.03. The molecule has 8 heteroatoms. The first-order valence-corrected chi connectivity index (χ1v) is 11.1. The molecule has 0 aliphatic carbocycles. The van der Waals surface area contributed by atoms with Crippen molar-refractivity contribution < 1.29 is 18.8 Å². The van der Waals surface area contributed by atoms with Gasteiger partial charge in [0.2, 0.25) is 11.8 Å². The van der Waals surface area contributed by atoms with Gasteiger partial charge in [0.05, 0.1) is 10.6 Å². The number of piperidine rings is 1. The third-order valence-corrected chi connectivity index (χ3v) is 6.23. The first-order valence-electron chi connectivity index (χ1n) is 10.8. The molecule has 0 aromatic heterocycles. The van der Waals surface area contributed by atoms with E-state index in [1.165, 1.54) is 25.0 Å². The van der Waals surface area contributed by atoms with Crippen LogP contribution in [0.5, 0.6) is 0 Å². The molecule has 2 heterocycles. The number of halogens is 2. The monoisotopic (exact) mass is 437 g/mol. The summed E-state index contributed by atoms with van der Waals surface area (Å²) in [5.74, 6) is -0.736. The molecule has 0 radical (unpaired) electrons. The van der Waals surface area contributed by atoms with Crippen LogP contribution in [0.3, 0.4) is 0 Å². The lowest BCUT2D eigenvalue weighted by molar-refractivity contribution is -0.140. The van der Waals surface area contributed by atoms with Gasteiger partial charge in [-0.1, -0.05) is 24.4 Å². The molecule has 1 aromatic carbocycles. The van der Waals surface area contributed by atoms with Gasteiger partial charge >= 0.3 is 0 Å². The Morgan fingerprint density at radius 2 is 1.67 bits per heavy atom. The number of benzene rings is 1. The SMILES string of the molecule is O=C(NCCC(=O)N1CCC(C(=O)N2CCCCCC2)CC1)c1ccc(F)cc1Cl. The highest BCUT2D eigenvalue weighted by molar-refractivity contribution is 6.33. The van der Waals surface area contributed by atoms with Crippen molar-refractivity contribution in [2.75, 3.05) is 32.7 Å². The number of carbonyl (C=O) groups is 3. The van der Waals surface area contributed by atoms with E-state index in [1.807, 2.05) is 4.90 Å². The van der Waals surface area contributed by atoms with Crippen LogP contribution in [0, 0.1) is 11.7 Å². The van der Waals surface area contributed by atoms with Gasteiger partial charge in [0.1, 0.15) is 5.82 Å². The summed E-state index contributed by atoms with van der Waals surface area (Å²) in [4.78, 5) is 41.1. The summed E-state index contributed by atoms with van der Waals surface area (Å²) in [6, 6.07) is 3.57. The molecule has 0 atom stereocenters. The number of hydrogen-bond donors (Lipinski definition) is 1. The zero-order valence-corrected chi connectivity index (χ0v) is 17.9. The van der Waals surface area contributed by atoms with Gasteiger partial charge in [0.15, 0.2) is 0 Å². The molecule has 0 bridgehead atoms. The van der Waals surface area contributed by atoms with Crippen LogP contribution in [-0.4, -0.2) is 60.2 Å². The molecule has 164 valence electrons. The van der Waals surface area contributed by atoms with Crippen LogP contribution < -0.4 is 5.32 Å². The second-order valence-corrected chi connectivity index (χ2v) is 8.43.